The topological polar surface area (TPSA) is 126 Å². The van der Waals surface area contributed by atoms with Gasteiger partial charge in [-0.2, -0.15) is 0 Å². The van der Waals surface area contributed by atoms with Crippen molar-refractivity contribution in [3.8, 4) is 0 Å². The van der Waals surface area contributed by atoms with Crippen LogP contribution in [0.2, 0.25) is 0 Å². The number of aromatic nitrogens is 2. The summed E-state index contributed by atoms with van der Waals surface area (Å²) in [6, 6.07) is 9.67. The average Bonchev–Trinajstić information content (AvgIpc) is 3.10. The second-order valence-electron chi connectivity index (χ2n) is 5.88. The van der Waals surface area contributed by atoms with Gasteiger partial charge in [0.25, 0.3) is 0 Å². The van der Waals surface area contributed by atoms with Crippen molar-refractivity contribution in [2.75, 3.05) is 23.8 Å². The molecule has 1 heterocycles. The predicted molar refractivity (Wildman–Crippen MR) is 97.2 cm³/mol. The Kier molecular flexibility index (Phi) is 5.28. The van der Waals surface area contributed by atoms with Crippen LogP contribution >= 0.6 is 0 Å². The molecule has 0 aliphatic heterocycles. The molecule has 0 bridgehead atoms. The molecule has 9 nitrogen and oxygen atoms in total. The van der Waals surface area contributed by atoms with Crippen molar-refractivity contribution < 1.29 is 14.7 Å². The lowest BCUT2D eigenvalue weighted by Crippen LogP contribution is -2.08. The van der Waals surface area contributed by atoms with Gasteiger partial charge in [-0.3, -0.25) is 10.1 Å². The Hall–Kier alpha value is -3.20. The van der Waals surface area contributed by atoms with E-state index in [1.165, 1.54) is 5.56 Å². The Balaban J connectivity index is 1.93. The lowest BCUT2D eigenvalue weighted by molar-refractivity contribution is -0.382. The summed E-state index contributed by atoms with van der Waals surface area (Å²) in [6.45, 7) is 2.93. The molecular formula is C17H19N5O4. The summed E-state index contributed by atoms with van der Waals surface area (Å²) in [4.78, 5) is 11.0. The molecule has 0 amide bonds. The largest absolute Gasteiger partial charge is 0.396 e. The molecule has 9 heteroatoms. The van der Waals surface area contributed by atoms with E-state index in [-0.39, 0.29) is 17.8 Å². The lowest BCUT2D eigenvalue weighted by Gasteiger charge is -2.11. The number of nitro benzene ring substituents is 1. The number of anilines is 2. The minimum atomic E-state index is -0.516. The van der Waals surface area contributed by atoms with E-state index >= 15 is 0 Å². The van der Waals surface area contributed by atoms with E-state index in [2.05, 4.69) is 20.9 Å². The minimum Gasteiger partial charge on any atom is -0.396 e. The highest BCUT2D eigenvalue weighted by atomic mass is 16.6. The van der Waals surface area contributed by atoms with Crippen LogP contribution in [0.5, 0.6) is 0 Å². The van der Waals surface area contributed by atoms with Gasteiger partial charge in [-0.15, -0.1) is 0 Å². The normalized spacial score (nSPS) is 10.8. The number of benzene rings is 2. The van der Waals surface area contributed by atoms with E-state index in [0.717, 1.165) is 5.56 Å². The molecule has 3 aromatic rings. The second kappa shape index (κ2) is 7.79. The maximum atomic E-state index is 11.5. The summed E-state index contributed by atoms with van der Waals surface area (Å²) in [5.74, 6) is 0. The molecule has 2 aromatic carbocycles. The van der Waals surface area contributed by atoms with Crippen LogP contribution in [0.1, 0.15) is 17.5 Å². The zero-order valence-electron chi connectivity index (χ0n) is 14.2. The molecule has 136 valence electrons. The summed E-state index contributed by atoms with van der Waals surface area (Å²) in [5.41, 5.74) is 3.31. The molecule has 0 aliphatic rings. The molecule has 0 saturated heterocycles. The summed E-state index contributed by atoms with van der Waals surface area (Å²) >= 11 is 0. The fourth-order valence-corrected chi connectivity index (χ4v) is 2.59. The van der Waals surface area contributed by atoms with Crippen LogP contribution < -0.4 is 10.6 Å². The summed E-state index contributed by atoms with van der Waals surface area (Å²) < 4.78 is 4.73. The van der Waals surface area contributed by atoms with Gasteiger partial charge in [0.05, 0.1) is 10.6 Å². The van der Waals surface area contributed by atoms with E-state index in [1.807, 2.05) is 31.2 Å². The van der Waals surface area contributed by atoms with Crippen LogP contribution in [-0.4, -0.2) is 33.5 Å². The third-order valence-electron chi connectivity index (χ3n) is 3.95. The molecule has 0 atom stereocenters. The molecule has 0 spiro atoms. The van der Waals surface area contributed by atoms with Gasteiger partial charge in [0.2, 0.25) is 5.52 Å². The van der Waals surface area contributed by atoms with E-state index in [9.17, 15) is 10.1 Å². The Bertz CT molecular complexity index is 907. The first-order valence-electron chi connectivity index (χ1n) is 8.18. The van der Waals surface area contributed by atoms with Crippen molar-refractivity contribution >= 4 is 28.1 Å². The Morgan fingerprint density at radius 1 is 1.15 bits per heavy atom. The molecule has 0 unspecified atom stereocenters. The maximum absolute atomic E-state index is 11.5. The number of nitrogens with zero attached hydrogens (tertiary/aromatic N) is 3. The molecule has 0 saturated carbocycles. The van der Waals surface area contributed by atoms with Gasteiger partial charge in [0.15, 0.2) is 5.52 Å². The fourth-order valence-electron chi connectivity index (χ4n) is 2.59. The Labute approximate surface area is 149 Å². The highest BCUT2D eigenvalue weighted by Crippen LogP contribution is 2.36. The van der Waals surface area contributed by atoms with E-state index in [1.54, 1.807) is 6.07 Å². The number of aryl methyl sites for hydroxylation is 1. The highest BCUT2D eigenvalue weighted by Gasteiger charge is 2.25. The summed E-state index contributed by atoms with van der Waals surface area (Å²) in [5, 5.41) is 34.1. The SMILES string of the molecule is Cc1ccc(CNc2cc(NCCCO)c([N+](=O)[O-])c3nonc23)cc1. The fraction of sp³-hybridized carbons (Fsp3) is 0.294. The molecule has 0 fully saturated rings. The van der Waals surface area contributed by atoms with E-state index in [0.29, 0.717) is 36.4 Å². The first-order chi connectivity index (χ1) is 12.6. The smallest absolute Gasteiger partial charge is 0.323 e. The monoisotopic (exact) mass is 357 g/mol. The first-order valence-corrected chi connectivity index (χ1v) is 8.18. The maximum Gasteiger partial charge on any atom is 0.323 e. The molecule has 1 aromatic heterocycles. The molecule has 3 rings (SSSR count). The van der Waals surface area contributed by atoms with Gasteiger partial charge in [-0.25, -0.2) is 4.63 Å². The molecule has 0 radical (unpaired) electrons. The molecular weight excluding hydrogens is 338 g/mol. The van der Waals surface area contributed by atoms with Gasteiger partial charge in [0.1, 0.15) is 5.69 Å². The van der Waals surface area contributed by atoms with Crippen LogP contribution in [0.3, 0.4) is 0 Å². The third kappa shape index (κ3) is 3.72. The Morgan fingerprint density at radius 2 is 1.88 bits per heavy atom. The zero-order chi connectivity index (χ0) is 18.5. The number of hydrogen-bond acceptors (Lipinski definition) is 8. The number of aliphatic hydroxyl groups excluding tert-OH is 1. The van der Waals surface area contributed by atoms with Crippen molar-refractivity contribution in [3.63, 3.8) is 0 Å². The van der Waals surface area contributed by atoms with Gasteiger partial charge >= 0.3 is 5.69 Å². The van der Waals surface area contributed by atoms with Crippen LogP contribution in [0.4, 0.5) is 17.1 Å². The van der Waals surface area contributed by atoms with Crippen molar-refractivity contribution in [2.45, 2.75) is 19.9 Å². The lowest BCUT2D eigenvalue weighted by atomic mass is 10.1. The number of rotatable bonds is 8. The predicted octanol–water partition coefficient (Wildman–Crippen LogP) is 2.85. The number of fused-ring (bicyclic) bond motifs is 1. The van der Waals surface area contributed by atoms with Gasteiger partial charge in [0, 0.05) is 19.7 Å². The van der Waals surface area contributed by atoms with Crippen molar-refractivity contribution in [2.24, 2.45) is 0 Å². The van der Waals surface area contributed by atoms with Crippen LogP contribution in [0, 0.1) is 17.0 Å². The minimum absolute atomic E-state index is 0.00686. The van der Waals surface area contributed by atoms with Gasteiger partial charge in [-0.05, 0) is 35.3 Å². The van der Waals surface area contributed by atoms with Crippen LogP contribution in [0.15, 0.2) is 35.0 Å². The van der Waals surface area contributed by atoms with E-state index < -0.39 is 4.92 Å². The average molecular weight is 357 g/mol. The summed E-state index contributed by atoms with van der Waals surface area (Å²) in [7, 11) is 0. The van der Waals surface area contributed by atoms with Crippen molar-refractivity contribution in [1.82, 2.24) is 10.3 Å². The van der Waals surface area contributed by atoms with Gasteiger partial charge < -0.3 is 15.7 Å². The van der Waals surface area contributed by atoms with Crippen molar-refractivity contribution in [1.29, 1.82) is 0 Å². The van der Waals surface area contributed by atoms with E-state index in [4.69, 9.17) is 9.74 Å². The first kappa shape index (κ1) is 17.6. The number of aliphatic hydroxyl groups is 1. The number of nitrogens with one attached hydrogen (secondary N) is 2. The molecule has 0 aliphatic carbocycles. The standard InChI is InChI=1S/C17H19N5O4/c1-11-3-5-12(6-4-11)10-19-13-9-14(18-7-2-8-23)17(22(24)25)16-15(13)20-26-21-16/h3-6,9,18-19,23H,2,7-8,10H2,1H3. The quantitative estimate of drug-likeness (QED) is 0.319. The zero-order valence-corrected chi connectivity index (χ0v) is 14.2. The van der Waals surface area contributed by atoms with Crippen LogP contribution in [-0.2, 0) is 6.54 Å². The number of hydrogen-bond donors (Lipinski definition) is 3. The Morgan fingerprint density at radius 3 is 2.58 bits per heavy atom. The number of nitro groups is 1. The molecule has 26 heavy (non-hydrogen) atoms. The molecule has 3 N–H and O–H groups in total. The highest BCUT2D eigenvalue weighted by molar-refractivity contribution is 5.99. The van der Waals surface area contributed by atoms with Gasteiger partial charge in [-0.1, -0.05) is 29.8 Å². The summed E-state index contributed by atoms with van der Waals surface area (Å²) in [6.07, 6.45) is 0.471. The van der Waals surface area contributed by atoms with Crippen molar-refractivity contribution in [3.05, 3.63) is 51.6 Å². The third-order valence-corrected chi connectivity index (χ3v) is 3.95. The van der Waals surface area contributed by atoms with Crippen LogP contribution in [0.25, 0.3) is 11.0 Å². The second-order valence-corrected chi connectivity index (χ2v) is 5.88.